The molecule has 0 saturated carbocycles. The SMILES string of the molecule is C=CC1=C(N=C(N)OC)c2c(c(C(=O)N(C)OC)nn2C)CCC1. The molecule has 0 saturated heterocycles. The van der Waals surface area contributed by atoms with Crippen LogP contribution in [0.15, 0.2) is 23.2 Å². The fourth-order valence-electron chi connectivity index (χ4n) is 2.71. The van der Waals surface area contributed by atoms with Crippen LogP contribution in [0.2, 0.25) is 0 Å². The van der Waals surface area contributed by atoms with Gasteiger partial charge in [-0.05, 0) is 24.8 Å². The topological polar surface area (TPSA) is 95.0 Å². The minimum atomic E-state index is -0.306. The highest BCUT2D eigenvalue weighted by Gasteiger charge is 2.28. The molecule has 8 nitrogen and oxygen atoms in total. The zero-order chi connectivity index (χ0) is 17.9. The third-order valence-electron chi connectivity index (χ3n) is 3.99. The predicted molar refractivity (Wildman–Crippen MR) is 91.0 cm³/mol. The van der Waals surface area contributed by atoms with Gasteiger partial charge in [-0.15, -0.1) is 0 Å². The van der Waals surface area contributed by atoms with Gasteiger partial charge in [-0.2, -0.15) is 10.1 Å². The van der Waals surface area contributed by atoms with Gasteiger partial charge in [0.15, 0.2) is 5.69 Å². The van der Waals surface area contributed by atoms with E-state index in [0.29, 0.717) is 17.8 Å². The molecule has 24 heavy (non-hydrogen) atoms. The number of amides is 1. The summed E-state index contributed by atoms with van der Waals surface area (Å²) in [4.78, 5) is 21.9. The summed E-state index contributed by atoms with van der Waals surface area (Å²) in [5.41, 5.74) is 9.24. The summed E-state index contributed by atoms with van der Waals surface area (Å²) >= 11 is 0. The quantitative estimate of drug-likeness (QED) is 0.508. The first-order valence-electron chi connectivity index (χ1n) is 7.56. The lowest BCUT2D eigenvalue weighted by atomic mass is 10.1. The van der Waals surface area contributed by atoms with Crippen molar-refractivity contribution in [1.29, 1.82) is 0 Å². The van der Waals surface area contributed by atoms with Crippen LogP contribution in [0.3, 0.4) is 0 Å². The molecule has 1 amide bonds. The van der Waals surface area contributed by atoms with Gasteiger partial charge in [0.2, 0.25) is 0 Å². The number of allylic oxidation sites excluding steroid dienone is 2. The number of hydrogen-bond acceptors (Lipinski definition) is 5. The number of carbonyl (C=O) groups excluding carboxylic acids is 1. The molecular weight excluding hydrogens is 310 g/mol. The van der Waals surface area contributed by atoms with Crippen molar-refractivity contribution in [3.8, 4) is 0 Å². The van der Waals surface area contributed by atoms with Crippen molar-refractivity contribution < 1.29 is 14.4 Å². The highest BCUT2D eigenvalue weighted by atomic mass is 16.7. The largest absolute Gasteiger partial charge is 0.469 e. The fraction of sp³-hybridized carbons (Fsp3) is 0.438. The number of fused-ring (bicyclic) bond motifs is 1. The Kier molecular flexibility index (Phi) is 5.40. The lowest BCUT2D eigenvalue weighted by Gasteiger charge is -2.12. The number of hydrogen-bond donors (Lipinski definition) is 1. The number of ether oxygens (including phenoxy) is 1. The number of amidine groups is 1. The first-order valence-corrected chi connectivity index (χ1v) is 7.56. The summed E-state index contributed by atoms with van der Waals surface area (Å²) < 4.78 is 6.63. The normalized spacial score (nSPS) is 14.9. The van der Waals surface area contributed by atoms with Gasteiger partial charge >= 0.3 is 0 Å². The summed E-state index contributed by atoms with van der Waals surface area (Å²) in [5, 5.41) is 5.53. The zero-order valence-electron chi connectivity index (χ0n) is 14.5. The van der Waals surface area contributed by atoms with Crippen LogP contribution in [0.4, 0.5) is 0 Å². The van der Waals surface area contributed by atoms with Crippen LogP contribution in [-0.2, 0) is 23.0 Å². The Balaban J connectivity index is 2.68. The molecule has 8 heteroatoms. The second-order valence-electron chi connectivity index (χ2n) is 5.37. The molecule has 1 aromatic heterocycles. The molecule has 0 atom stereocenters. The van der Waals surface area contributed by atoms with Crippen molar-refractivity contribution in [2.75, 3.05) is 21.3 Å². The van der Waals surface area contributed by atoms with Gasteiger partial charge in [-0.25, -0.2) is 5.06 Å². The van der Waals surface area contributed by atoms with E-state index in [4.69, 9.17) is 15.3 Å². The van der Waals surface area contributed by atoms with Crippen LogP contribution in [0.25, 0.3) is 5.70 Å². The van der Waals surface area contributed by atoms with Crippen molar-refractivity contribution in [2.24, 2.45) is 17.8 Å². The van der Waals surface area contributed by atoms with Crippen LogP contribution >= 0.6 is 0 Å². The summed E-state index contributed by atoms with van der Waals surface area (Å²) in [6, 6.07) is 0.0419. The van der Waals surface area contributed by atoms with Crippen molar-refractivity contribution in [1.82, 2.24) is 14.8 Å². The number of aromatic nitrogens is 2. The van der Waals surface area contributed by atoms with Gasteiger partial charge in [-0.1, -0.05) is 12.7 Å². The maximum atomic E-state index is 12.5. The van der Waals surface area contributed by atoms with Crippen molar-refractivity contribution in [3.05, 3.63) is 35.2 Å². The summed E-state index contributed by atoms with van der Waals surface area (Å²) in [7, 11) is 6.21. The molecule has 130 valence electrons. The molecule has 0 radical (unpaired) electrons. The van der Waals surface area contributed by atoms with Crippen molar-refractivity contribution in [3.63, 3.8) is 0 Å². The standard InChI is InChI=1S/C16H23N5O3/c1-6-10-8-7-9-11-13(15(22)21(3)24-5)19-20(2)14(11)12(10)18-16(17)23-4/h6H,1,7-9H2,2-5H3,(H2,17,18). The smallest absolute Gasteiger partial charge is 0.297 e. The third-order valence-corrected chi connectivity index (χ3v) is 3.99. The van der Waals surface area contributed by atoms with E-state index < -0.39 is 0 Å². The van der Waals surface area contributed by atoms with Gasteiger partial charge in [0.1, 0.15) is 0 Å². The Morgan fingerprint density at radius 1 is 1.46 bits per heavy atom. The van der Waals surface area contributed by atoms with Gasteiger partial charge in [0.05, 0.1) is 25.6 Å². The summed E-state index contributed by atoms with van der Waals surface area (Å²) in [5.74, 6) is -0.306. The number of aliphatic imine (C=N–C) groups is 1. The van der Waals surface area contributed by atoms with E-state index in [0.717, 1.165) is 34.7 Å². The van der Waals surface area contributed by atoms with Crippen LogP contribution < -0.4 is 5.73 Å². The molecular formula is C16H23N5O3. The van der Waals surface area contributed by atoms with E-state index >= 15 is 0 Å². The Labute approximate surface area is 141 Å². The van der Waals surface area contributed by atoms with Crippen molar-refractivity contribution >= 4 is 17.6 Å². The average molecular weight is 333 g/mol. The fourth-order valence-corrected chi connectivity index (χ4v) is 2.71. The Morgan fingerprint density at radius 3 is 2.75 bits per heavy atom. The van der Waals surface area contributed by atoms with Crippen molar-refractivity contribution in [2.45, 2.75) is 19.3 Å². The Morgan fingerprint density at radius 2 is 2.17 bits per heavy atom. The Bertz CT molecular complexity index is 718. The summed E-state index contributed by atoms with van der Waals surface area (Å²) in [6.45, 7) is 3.86. The molecule has 0 unspecified atom stereocenters. The lowest BCUT2D eigenvalue weighted by Crippen LogP contribution is -2.26. The van der Waals surface area contributed by atoms with E-state index in [2.05, 4.69) is 16.7 Å². The number of aryl methyl sites for hydroxylation is 1. The van der Waals surface area contributed by atoms with Gasteiger partial charge in [0.25, 0.3) is 11.9 Å². The van der Waals surface area contributed by atoms with Crippen LogP contribution in [0.5, 0.6) is 0 Å². The molecule has 0 fully saturated rings. The number of hydroxylamine groups is 2. The van der Waals surface area contributed by atoms with Crippen LogP contribution in [-0.4, -0.2) is 48.0 Å². The molecule has 0 aliphatic heterocycles. The maximum absolute atomic E-state index is 12.5. The molecule has 1 aliphatic carbocycles. The first kappa shape index (κ1) is 17.7. The number of rotatable bonds is 4. The lowest BCUT2D eigenvalue weighted by molar-refractivity contribution is -0.0761. The van der Waals surface area contributed by atoms with Crippen LogP contribution in [0.1, 0.15) is 34.6 Å². The van der Waals surface area contributed by atoms with Gasteiger partial charge in [-0.3, -0.25) is 14.3 Å². The number of carbonyl (C=O) groups is 1. The van der Waals surface area contributed by atoms with Crippen LogP contribution in [0, 0.1) is 0 Å². The molecule has 1 heterocycles. The van der Waals surface area contributed by atoms with E-state index in [-0.39, 0.29) is 11.9 Å². The Hall–Kier alpha value is -2.61. The molecule has 2 N–H and O–H groups in total. The highest BCUT2D eigenvalue weighted by molar-refractivity contribution is 5.95. The predicted octanol–water partition coefficient (Wildman–Crippen LogP) is 1.25. The van der Waals surface area contributed by atoms with Gasteiger partial charge < -0.3 is 10.5 Å². The number of nitrogens with two attached hydrogens (primary N) is 1. The van der Waals surface area contributed by atoms with E-state index in [1.54, 1.807) is 24.9 Å². The molecule has 2 rings (SSSR count). The molecule has 1 aliphatic rings. The minimum absolute atomic E-state index is 0.0419. The molecule has 0 aromatic carbocycles. The van der Waals surface area contributed by atoms with E-state index in [9.17, 15) is 4.79 Å². The zero-order valence-corrected chi connectivity index (χ0v) is 14.5. The first-order chi connectivity index (χ1) is 11.4. The minimum Gasteiger partial charge on any atom is -0.469 e. The molecule has 0 bridgehead atoms. The second-order valence-corrected chi connectivity index (χ2v) is 5.37. The highest BCUT2D eigenvalue weighted by Crippen LogP contribution is 2.33. The van der Waals surface area contributed by atoms with E-state index in [1.165, 1.54) is 14.2 Å². The third kappa shape index (κ3) is 3.18. The molecule has 0 spiro atoms. The molecule has 1 aromatic rings. The number of methoxy groups -OCH3 is 1. The second kappa shape index (κ2) is 7.31. The maximum Gasteiger partial charge on any atom is 0.297 e. The average Bonchev–Trinajstić information content (AvgIpc) is 2.79. The monoisotopic (exact) mass is 333 g/mol. The number of nitrogens with zero attached hydrogens (tertiary/aromatic N) is 4. The summed E-state index contributed by atoms with van der Waals surface area (Å²) in [6.07, 6.45) is 4.09. The van der Waals surface area contributed by atoms with E-state index in [1.807, 2.05) is 0 Å². The van der Waals surface area contributed by atoms with Gasteiger partial charge in [0, 0.05) is 19.7 Å².